The number of rotatable bonds is 6. The summed E-state index contributed by atoms with van der Waals surface area (Å²) in [7, 11) is 0. The van der Waals surface area contributed by atoms with Gasteiger partial charge in [0.05, 0.1) is 12.0 Å². The summed E-state index contributed by atoms with van der Waals surface area (Å²) in [5, 5.41) is 7.26. The molecule has 2 aromatic carbocycles. The molecule has 0 bridgehead atoms. The number of halogens is 2. The molecule has 2 aromatic rings. The molecule has 1 saturated carbocycles. The van der Waals surface area contributed by atoms with Crippen molar-refractivity contribution in [3.8, 4) is 5.75 Å². The minimum atomic E-state index is -0.403. The molecular formula is C26H30Cl2N2O3. The molecule has 176 valence electrons. The average molecular weight is 489 g/mol. The van der Waals surface area contributed by atoms with Gasteiger partial charge in [0, 0.05) is 28.9 Å². The van der Waals surface area contributed by atoms with E-state index in [1.165, 1.54) is 12.5 Å². The van der Waals surface area contributed by atoms with E-state index in [9.17, 15) is 9.59 Å². The summed E-state index contributed by atoms with van der Waals surface area (Å²) in [4.78, 5) is 23.9. The molecule has 1 aliphatic carbocycles. The average Bonchev–Trinajstić information content (AvgIpc) is 3.00. The Balaban J connectivity index is 1.65. The smallest absolute Gasteiger partial charge is 0.226 e. The second kappa shape index (κ2) is 9.55. The third kappa shape index (κ3) is 4.71. The molecule has 1 aliphatic heterocycles. The number of hydrogen-bond donors (Lipinski definition) is 2. The lowest BCUT2D eigenvalue weighted by atomic mass is 9.56. The summed E-state index contributed by atoms with van der Waals surface area (Å²) in [6.45, 7) is 6.50. The van der Waals surface area contributed by atoms with Crippen LogP contribution >= 0.6 is 23.2 Å². The highest BCUT2D eigenvalue weighted by Crippen LogP contribution is 2.59. The van der Waals surface area contributed by atoms with Gasteiger partial charge in [-0.25, -0.2) is 0 Å². The van der Waals surface area contributed by atoms with Crippen molar-refractivity contribution < 1.29 is 14.3 Å². The van der Waals surface area contributed by atoms with Gasteiger partial charge < -0.3 is 15.4 Å². The van der Waals surface area contributed by atoms with Gasteiger partial charge in [0.25, 0.3) is 0 Å². The van der Waals surface area contributed by atoms with E-state index in [0.717, 1.165) is 18.4 Å². The molecule has 0 spiro atoms. The highest BCUT2D eigenvalue weighted by atomic mass is 35.5. The second-order valence-corrected chi connectivity index (χ2v) is 10.3. The number of carbonyl (C=O) groups excluding carboxylic acids is 2. The standard InChI is InChI=1S/C26H30Cl2N2O3/c1-15-24-23(17-4-6-18(27)7-5-17)21(10-11-26(24,3)25(32)30-15)20-9-8-19(14-22(20)28)33-13-12-29-16(2)31/h4-9,14-15,21,23-24H,10-13H2,1-3H3,(H,29,31)(H,30,32)/t15-,21+,23+,24+,26-/m1/s1. The van der Waals surface area contributed by atoms with Crippen LogP contribution in [0.5, 0.6) is 5.75 Å². The maximum Gasteiger partial charge on any atom is 0.226 e. The lowest BCUT2D eigenvalue weighted by Crippen LogP contribution is -2.42. The molecule has 2 N–H and O–H groups in total. The van der Waals surface area contributed by atoms with Crippen molar-refractivity contribution in [2.45, 2.75) is 51.5 Å². The summed E-state index contributed by atoms with van der Waals surface area (Å²) < 4.78 is 5.75. The Bertz CT molecular complexity index is 1040. The van der Waals surface area contributed by atoms with Crippen LogP contribution in [-0.2, 0) is 9.59 Å². The fourth-order valence-electron chi connectivity index (χ4n) is 5.81. The molecule has 0 unspecified atom stereocenters. The highest BCUT2D eigenvalue weighted by molar-refractivity contribution is 6.31. The molecule has 5 nitrogen and oxygen atoms in total. The predicted molar refractivity (Wildman–Crippen MR) is 131 cm³/mol. The first kappa shape index (κ1) is 23.9. The summed E-state index contributed by atoms with van der Waals surface area (Å²) in [6.07, 6.45) is 1.68. The second-order valence-electron chi connectivity index (χ2n) is 9.44. The monoisotopic (exact) mass is 488 g/mol. The van der Waals surface area contributed by atoms with E-state index in [-0.39, 0.29) is 35.6 Å². The normalized spacial score (nSPS) is 28.7. The first-order valence-corrected chi connectivity index (χ1v) is 12.2. The van der Waals surface area contributed by atoms with E-state index in [1.54, 1.807) is 0 Å². The predicted octanol–water partition coefficient (Wildman–Crippen LogP) is 5.31. The van der Waals surface area contributed by atoms with Crippen LogP contribution in [0.1, 0.15) is 56.6 Å². The Morgan fingerprint density at radius 3 is 2.61 bits per heavy atom. The zero-order valence-corrected chi connectivity index (χ0v) is 20.7. The number of carbonyl (C=O) groups is 2. The number of hydrogen-bond acceptors (Lipinski definition) is 3. The molecule has 4 rings (SSSR count). The number of ether oxygens (including phenoxy) is 1. The number of fused-ring (bicyclic) bond motifs is 1. The fourth-order valence-corrected chi connectivity index (χ4v) is 6.24. The summed E-state index contributed by atoms with van der Waals surface area (Å²) >= 11 is 13.0. The molecule has 1 saturated heterocycles. The van der Waals surface area contributed by atoms with Gasteiger partial charge in [-0.3, -0.25) is 9.59 Å². The van der Waals surface area contributed by atoms with Crippen LogP contribution < -0.4 is 15.4 Å². The Hall–Kier alpha value is -2.24. The number of amides is 2. The first-order valence-electron chi connectivity index (χ1n) is 11.4. The Kier molecular flexibility index (Phi) is 6.92. The van der Waals surface area contributed by atoms with Gasteiger partial charge in [-0.15, -0.1) is 0 Å². The van der Waals surface area contributed by atoms with E-state index >= 15 is 0 Å². The Morgan fingerprint density at radius 2 is 1.94 bits per heavy atom. The highest BCUT2D eigenvalue weighted by Gasteiger charge is 2.57. The Labute approximate surface area is 205 Å². The van der Waals surface area contributed by atoms with Crippen LogP contribution in [0.2, 0.25) is 10.0 Å². The molecular weight excluding hydrogens is 459 g/mol. The Morgan fingerprint density at radius 1 is 1.21 bits per heavy atom. The third-order valence-electron chi connectivity index (χ3n) is 7.32. The van der Waals surface area contributed by atoms with Gasteiger partial charge in [0.15, 0.2) is 0 Å². The minimum Gasteiger partial charge on any atom is -0.492 e. The molecule has 2 aliphatic rings. The molecule has 1 heterocycles. The lowest BCUT2D eigenvalue weighted by molar-refractivity contribution is -0.129. The summed E-state index contributed by atoms with van der Waals surface area (Å²) in [6, 6.07) is 13.9. The molecule has 0 radical (unpaired) electrons. The maximum absolute atomic E-state index is 12.9. The zero-order valence-electron chi connectivity index (χ0n) is 19.2. The van der Waals surface area contributed by atoms with Gasteiger partial charge in [0.1, 0.15) is 12.4 Å². The van der Waals surface area contributed by atoms with E-state index in [1.807, 2.05) is 30.3 Å². The molecule has 0 aromatic heterocycles. The van der Waals surface area contributed by atoms with Gasteiger partial charge in [0.2, 0.25) is 11.8 Å². The fraction of sp³-hybridized carbons (Fsp3) is 0.462. The van der Waals surface area contributed by atoms with Crippen LogP contribution in [0.15, 0.2) is 42.5 Å². The van der Waals surface area contributed by atoms with Crippen molar-refractivity contribution in [2.24, 2.45) is 11.3 Å². The number of nitrogens with one attached hydrogen (secondary N) is 2. The van der Waals surface area contributed by atoms with Gasteiger partial charge in [-0.05, 0) is 67.0 Å². The minimum absolute atomic E-state index is 0.0705. The SMILES string of the molecule is CC(=O)NCCOc1ccc([C@@H]2CC[C@@]3(C)C(=O)N[C@H](C)[C@H]3[C@H]2c2ccc(Cl)cc2)c(Cl)c1. The quantitative estimate of drug-likeness (QED) is 0.541. The topological polar surface area (TPSA) is 67.4 Å². The zero-order chi connectivity index (χ0) is 23.8. The molecule has 7 heteroatoms. The van der Waals surface area contributed by atoms with E-state index in [4.69, 9.17) is 27.9 Å². The van der Waals surface area contributed by atoms with Crippen molar-refractivity contribution in [2.75, 3.05) is 13.2 Å². The van der Waals surface area contributed by atoms with Crippen LogP contribution in [0.25, 0.3) is 0 Å². The first-order chi connectivity index (χ1) is 15.7. The lowest BCUT2D eigenvalue weighted by Gasteiger charge is -2.46. The van der Waals surface area contributed by atoms with Crippen molar-refractivity contribution in [1.29, 1.82) is 0 Å². The van der Waals surface area contributed by atoms with Crippen LogP contribution in [0.4, 0.5) is 0 Å². The van der Waals surface area contributed by atoms with Crippen LogP contribution in [-0.4, -0.2) is 31.0 Å². The maximum atomic E-state index is 12.9. The van der Waals surface area contributed by atoms with E-state index in [2.05, 4.69) is 36.6 Å². The molecule has 5 atom stereocenters. The molecule has 2 amide bonds. The number of benzene rings is 2. The van der Waals surface area contributed by atoms with Crippen LogP contribution in [0.3, 0.4) is 0 Å². The summed E-state index contributed by atoms with van der Waals surface area (Å²) in [5.74, 6) is 1.17. The van der Waals surface area contributed by atoms with Crippen molar-refractivity contribution >= 4 is 35.0 Å². The van der Waals surface area contributed by atoms with Gasteiger partial charge in [-0.1, -0.05) is 48.3 Å². The van der Waals surface area contributed by atoms with E-state index in [0.29, 0.717) is 28.9 Å². The van der Waals surface area contributed by atoms with Crippen molar-refractivity contribution in [3.63, 3.8) is 0 Å². The summed E-state index contributed by atoms with van der Waals surface area (Å²) in [5.41, 5.74) is 1.84. The van der Waals surface area contributed by atoms with Crippen molar-refractivity contribution in [1.82, 2.24) is 10.6 Å². The van der Waals surface area contributed by atoms with E-state index < -0.39 is 5.41 Å². The van der Waals surface area contributed by atoms with Gasteiger partial charge in [-0.2, -0.15) is 0 Å². The van der Waals surface area contributed by atoms with Gasteiger partial charge >= 0.3 is 0 Å². The molecule has 33 heavy (non-hydrogen) atoms. The third-order valence-corrected chi connectivity index (χ3v) is 7.90. The van der Waals surface area contributed by atoms with Crippen molar-refractivity contribution in [3.05, 3.63) is 63.6 Å². The van der Waals surface area contributed by atoms with Crippen LogP contribution in [0, 0.1) is 11.3 Å². The molecule has 2 fully saturated rings. The largest absolute Gasteiger partial charge is 0.492 e.